The third-order valence-corrected chi connectivity index (χ3v) is 4.58. The van der Waals surface area contributed by atoms with Gasteiger partial charge in [0.25, 0.3) is 5.22 Å². The molecule has 1 amide bonds. The maximum absolute atomic E-state index is 12.5. The van der Waals surface area contributed by atoms with E-state index in [4.69, 9.17) is 13.9 Å². The van der Waals surface area contributed by atoms with Gasteiger partial charge in [-0.25, -0.2) is 0 Å². The van der Waals surface area contributed by atoms with E-state index in [0.29, 0.717) is 28.3 Å². The van der Waals surface area contributed by atoms with Crippen LogP contribution < -0.4 is 14.8 Å². The van der Waals surface area contributed by atoms with Crippen molar-refractivity contribution in [2.45, 2.75) is 17.4 Å². The normalized spacial score (nSPS) is 11.7. The molecule has 0 radical (unpaired) electrons. The second-order valence-electron chi connectivity index (χ2n) is 5.42. The number of carbonyl (C=O) groups is 1. The number of benzene rings is 1. The summed E-state index contributed by atoms with van der Waals surface area (Å²) in [7, 11) is 3.10. The van der Waals surface area contributed by atoms with Crippen molar-refractivity contribution in [1.82, 2.24) is 15.2 Å². The Morgan fingerprint density at radius 2 is 1.93 bits per heavy atom. The van der Waals surface area contributed by atoms with E-state index in [0.717, 1.165) is 5.56 Å². The first-order chi connectivity index (χ1) is 13.1. The molecule has 2 aromatic heterocycles. The van der Waals surface area contributed by atoms with E-state index in [1.807, 2.05) is 0 Å². The van der Waals surface area contributed by atoms with Crippen molar-refractivity contribution in [2.75, 3.05) is 19.5 Å². The number of hydrogen-bond donors (Lipinski definition) is 1. The molecule has 27 heavy (non-hydrogen) atoms. The van der Waals surface area contributed by atoms with Gasteiger partial charge in [0.15, 0.2) is 0 Å². The van der Waals surface area contributed by atoms with Crippen molar-refractivity contribution in [2.24, 2.45) is 0 Å². The molecule has 0 saturated carbocycles. The lowest BCUT2D eigenvalue weighted by molar-refractivity contribution is -0.115. The molecule has 1 aromatic carbocycles. The zero-order valence-corrected chi connectivity index (χ0v) is 15.8. The summed E-state index contributed by atoms with van der Waals surface area (Å²) in [5.74, 6) is 1.32. The summed E-state index contributed by atoms with van der Waals surface area (Å²) in [6.07, 6.45) is 3.29. The van der Waals surface area contributed by atoms with E-state index in [1.165, 1.54) is 18.9 Å². The summed E-state index contributed by atoms with van der Waals surface area (Å²) in [5, 5.41) is 10.7. The van der Waals surface area contributed by atoms with Gasteiger partial charge in [0.2, 0.25) is 11.8 Å². The van der Waals surface area contributed by atoms with E-state index in [2.05, 4.69) is 20.5 Å². The molecule has 1 N–H and O–H groups in total. The molecule has 0 saturated heterocycles. The molecule has 2 heterocycles. The number of rotatable bonds is 7. The average Bonchev–Trinajstić information content (AvgIpc) is 3.17. The van der Waals surface area contributed by atoms with Crippen LogP contribution in [0.3, 0.4) is 0 Å². The first-order valence-corrected chi connectivity index (χ1v) is 8.92. The fourth-order valence-corrected chi connectivity index (χ4v) is 2.89. The summed E-state index contributed by atoms with van der Waals surface area (Å²) in [6, 6.07) is 8.71. The van der Waals surface area contributed by atoms with Crippen molar-refractivity contribution in [3.8, 4) is 23.0 Å². The summed E-state index contributed by atoms with van der Waals surface area (Å²) in [4.78, 5) is 16.4. The second kappa shape index (κ2) is 8.54. The molecule has 0 aliphatic carbocycles. The molecule has 3 aromatic rings. The predicted molar refractivity (Wildman–Crippen MR) is 101 cm³/mol. The lowest BCUT2D eigenvalue weighted by Crippen LogP contribution is -2.22. The lowest BCUT2D eigenvalue weighted by atomic mass is 10.2. The molecule has 0 aliphatic heterocycles. The van der Waals surface area contributed by atoms with Gasteiger partial charge in [0.05, 0.1) is 25.2 Å². The van der Waals surface area contributed by atoms with Crippen LogP contribution in [0.15, 0.2) is 52.4 Å². The molecular formula is C18H18N4O4S. The van der Waals surface area contributed by atoms with Crippen LogP contribution in [0.5, 0.6) is 11.5 Å². The number of thioether (sulfide) groups is 1. The Morgan fingerprint density at radius 1 is 1.15 bits per heavy atom. The minimum absolute atomic E-state index is 0.216. The minimum atomic E-state index is -0.456. The number of nitrogens with one attached hydrogen (secondary N) is 1. The largest absolute Gasteiger partial charge is 0.497 e. The van der Waals surface area contributed by atoms with Crippen molar-refractivity contribution < 1.29 is 18.7 Å². The number of ether oxygens (including phenoxy) is 2. The van der Waals surface area contributed by atoms with Gasteiger partial charge in [-0.15, -0.1) is 10.2 Å². The monoisotopic (exact) mass is 386 g/mol. The Balaban J connectivity index is 1.65. The van der Waals surface area contributed by atoms with Crippen LogP contribution in [0, 0.1) is 0 Å². The van der Waals surface area contributed by atoms with Gasteiger partial charge in [-0.1, -0.05) is 11.8 Å². The van der Waals surface area contributed by atoms with Gasteiger partial charge >= 0.3 is 0 Å². The summed E-state index contributed by atoms with van der Waals surface area (Å²) < 4.78 is 16.1. The van der Waals surface area contributed by atoms with Crippen LogP contribution in [0.1, 0.15) is 6.92 Å². The number of hydrogen-bond acceptors (Lipinski definition) is 8. The predicted octanol–water partition coefficient (Wildman–Crippen LogP) is 3.27. The summed E-state index contributed by atoms with van der Waals surface area (Å²) in [6.45, 7) is 1.76. The molecule has 0 spiro atoms. The van der Waals surface area contributed by atoms with Gasteiger partial charge in [0.1, 0.15) is 11.5 Å². The number of nitrogens with zero attached hydrogens (tertiary/aromatic N) is 3. The molecule has 9 heteroatoms. The highest BCUT2D eigenvalue weighted by Gasteiger charge is 2.20. The van der Waals surface area contributed by atoms with Crippen LogP contribution in [0.25, 0.3) is 11.5 Å². The molecule has 140 valence electrons. The van der Waals surface area contributed by atoms with Crippen molar-refractivity contribution in [3.05, 3.63) is 42.7 Å². The number of methoxy groups -OCH3 is 2. The Hall–Kier alpha value is -3.07. The van der Waals surface area contributed by atoms with Gasteiger partial charge in [-0.05, 0) is 31.2 Å². The molecule has 0 unspecified atom stereocenters. The summed E-state index contributed by atoms with van der Waals surface area (Å²) >= 11 is 1.17. The number of amides is 1. The van der Waals surface area contributed by atoms with Crippen LogP contribution in [0.2, 0.25) is 0 Å². The zero-order valence-electron chi connectivity index (χ0n) is 15.0. The SMILES string of the molecule is COc1ccc(NC(=O)[C@H](C)Sc2nnc(-c3ccncc3)o2)c(OC)c1. The zero-order chi connectivity index (χ0) is 19.2. The van der Waals surface area contributed by atoms with E-state index >= 15 is 0 Å². The smallest absolute Gasteiger partial charge is 0.277 e. The second-order valence-corrected chi connectivity index (χ2v) is 6.72. The Bertz CT molecular complexity index is 917. The molecular weight excluding hydrogens is 368 g/mol. The molecule has 8 nitrogen and oxygen atoms in total. The van der Waals surface area contributed by atoms with Gasteiger partial charge < -0.3 is 19.2 Å². The van der Waals surface area contributed by atoms with E-state index in [9.17, 15) is 4.79 Å². The number of aromatic nitrogens is 3. The molecule has 3 rings (SSSR count). The van der Waals surface area contributed by atoms with Crippen LogP contribution in [0.4, 0.5) is 5.69 Å². The molecule has 0 fully saturated rings. The maximum atomic E-state index is 12.5. The molecule has 1 atom stereocenters. The third kappa shape index (κ3) is 4.56. The number of pyridine rings is 1. The highest BCUT2D eigenvalue weighted by molar-refractivity contribution is 8.00. The fourth-order valence-electron chi connectivity index (χ4n) is 2.21. The first-order valence-electron chi connectivity index (χ1n) is 8.04. The topological polar surface area (TPSA) is 99.4 Å². The average molecular weight is 386 g/mol. The molecule has 0 aliphatic rings. The van der Waals surface area contributed by atoms with Crippen molar-refractivity contribution in [1.29, 1.82) is 0 Å². The quantitative estimate of drug-likeness (QED) is 0.618. The van der Waals surface area contributed by atoms with Crippen molar-refractivity contribution in [3.63, 3.8) is 0 Å². The maximum Gasteiger partial charge on any atom is 0.277 e. The van der Waals surface area contributed by atoms with Crippen LogP contribution >= 0.6 is 11.8 Å². The standard InChI is InChI=1S/C18H18N4O4S/c1-11(16(23)20-14-5-4-13(24-2)10-15(14)25-3)27-18-22-21-17(26-18)12-6-8-19-9-7-12/h4-11H,1-3H3,(H,20,23)/t11-/m0/s1. The van der Waals surface area contributed by atoms with Crippen LogP contribution in [-0.4, -0.2) is 40.6 Å². The Labute approximate surface area is 160 Å². The van der Waals surface area contributed by atoms with Gasteiger partial charge in [-0.2, -0.15) is 0 Å². The van der Waals surface area contributed by atoms with E-state index in [1.54, 1.807) is 56.8 Å². The van der Waals surface area contributed by atoms with Crippen molar-refractivity contribution >= 4 is 23.4 Å². The highest BCUT2D eigenvalue weighted by atomic mass is 32.2. The third-order valence-electron chi connectivity index (χ3n) is 3.65. The first kappa shape index (κ1) is 18.7. The number of carbonyl (C=O) groups excluding carboxylic acids is 1. The summed E-state index contributed by atoms with van der Waals surface area (Å²) in [5.41, 5.74) is 1.32. The molecule has 0 bridgehead atoms. The fraction of sp³-hybridized carbons (Fsp3) is 0.222. The Kier molecular flexibility index (Phi) is 5.92. The van der Waals surface area contributed by atoms with Gasteiger partial charge in [-0.3, -0.25) is 9.78 Å². The van der Waals surface area contributed by atoms with E-state index in [-0.39, 0.29) is 5.91 Å². The van der Waals surface area contributed by atoms with E-state index < -0.39 is 5.25 Å². The Morgan fingerprint density at radius 3 is 2.63 bits per heavy atom. The lowest BCUT2D eigenvalue weighted by Gasteiger charge is -2.13. The highest BCUT2D eigenvalue weighted by Crippen LogP contribution is 2.31. The van der Waals surface area contributed by atoms with Gasteiger partial charge in [0, 0.05) is 24.0 Å². The number of anilines is 1. The van der Waals surface area contributed by atoms with Crippen LogP contribution in [-0.2, 0) is 4.79 Å². The minimum Gasteiger partial charge on any atom is -0.497 e.